The molecule has 0 saturated heterocycles. The van der Waals surface area contributed by atoms with Crippen LogP contribution in [-0.2, 0) is 0 Å². The zero-order valence-electron chi connectivity index (χ0n) is 13.9. The van der Waals surface area contributed by atoms with Crippen molar-refractivity contribution in [3.63, 3.8) is 0 Å². The largest absolute Gasteiger partial charge is 0.504 e. The lowest BCUT2D eigenvalue weighted by molar-refractivity contribution is -0.385. The summed E-state index contributed by atoms with van der Waals surface area (Å²) < 4.78 is 17.8. The number of phenolic OH excluding ortho intramolecular Hbond substituents is 1. The zero-order valence-corrected chi connectivity index (χ0v) is 14.7. The number of nitro benzene ring substituents is 1. The number of hydrazone groups is 1. The van der Waals surface area contributed by atoms with Gasteiger partial charge in [0.1, 0.15) is 5.82 Å². The Hall–Kier alpha value is -3.53. The molecule has 0 aliphatic rings. The number of hydrogen-bond acceptors (Lipinski definition) is 8. The van der Waals surface area contributed by atoms with Crippen molar-refractivity contribution < 1.29 is 19.2 Å². The van der Waals surface area contributed by atoms with Gasteiger partial charge < -0.3 is 9.84 Å². The number of halogens is 1. The average molecular weight is 388 g/mol. The minimum absolute atomic E-state index is 0.00401. The van der Waals surface area contributed by atoms with Crippen LogP contribution in [0.5, 0.6) is 11.5 Å². The molecule has 3 aromatic rings. The van der Waals surface area contributed by atoms with Crippen LogP contribution in [0.25, 0.3) is 11.3 Å². The fourth-order valence-corrected chi connectivity index (χ4v) is 2.90. The maximum atomic E-state index is 13.0. The van der Waals surface area contributed by atoms with Crippen LogP contribution in [0, 0.1) is 15.9 Å². The number of nitrogens with one attached hydrogen (secondary N) is 1. The summed E-state index contributed by atoms with van der Waals surface area (Å²) in [5.74, 6) is -0.575. The third kappa shape index (κ3) is 4.18. The van der Waals surface area contributed by atoms with Gasteiger partial charge in [0.05, 0.1) is 35.6 Å². The van der Waals surface area contributed by atoms with E-state index in [1.807, 2.05) is 0 Å². The van der Waals surface area contributed by atoms with Gasteiger partial charge in [0.2, 0.25) is 5.13 Å². The lowest BCUT2D eigenvalue weighted by Crippen LogP contribution is -1.98. The molecule has 0 fully saturated rings. The molecule has 138 valence electrons. The number of nitro groups is 1. The summed E-state index contributed by atoms with van der Waals surface area (Å²) in [5.41, 5.74) is 3.91. The number of thiazole rings is 1. The van der Waals surface area contributed by atoms with Gasteiger partial charge in [-0.05, 0) is 30.3 Å². The third-order valence-electron chi connectivity index (χ3n) is 3.53. The van der Waals surface area contributed by atoms with Gasteiger partial charge in [0, 0.05) is 10.9 Å². The van der Waals surface area contributed by atoms with E-state index in [1.54, 1.807) is 17.5 Å². The fraction of sp³-hybridized carbons (Fsp3) is 0.0588. The summed E-state index contributed by atoms with van der Waals surface area (Å²) >= 11 is 1.27. The highest BCUT2D eigenvalue weighted by Gasteiger charge is 2.17. The number of anilines is 1. The Bertz CT molecular complexity index is 1000. The van der Waals surface area contributed by atoms with E-state index in [0.717, 1.165) is 11.6 Å². The predicted octanol–water partition coefficient (Wildman–Crippen LogP) is 4.02. The number of rotatable bonds is 6. The first kappa shape index (κ1) is 18.3. The molecular formula is C17H13FN4O4S. The lowest BCUT2D eigenvalue weighted by Gasteiger charge is -2.04. The number of ether oxygens (including phenoxy) is 1. The third-order valence-corrected chi connectivity index (χ3v) is 4.28. The number of benzene rings is 2. The summed E-state index contributed by atoms with van der Waals surface area (Å²) in [4.78, 5) is 14.9. The summed E-state index contributed by atoms with van der Waals surface area (Å²) in [7, 11) is 1.30. The molecule has 27 heavy (non-hydrogen) atoms. The molecular weight excluding hydrogens is 375 g/mol. The number of aromatic nitrogens is 1. The topological polar surface area (TPSA) is 110 Å². The van der Waals surface area contributed by atoms with E-state index in [9.17, 15) is 19.6 Å². The van der Waals surface area contributed by atoms with E-state index in [-0.39, 0.29) is 28.6 Å². The van der Waals surface area contributed by atoms with Crippen molar-refractivity contribution in [3.8, 4) is 22.8 Å². The van der Waals surface area contributed by atoms with E-state index >= 15 is 0 Å². The molecule has 0 spiro atoms. The molecule has 8 nitrogen and oxygen atoms in total. The molecule has 0 saturated carbocycles. The van der Waals surface area contributed by atoms with Gasteiger partial charge in [-0.2, -0.15) is 5.10 Å². The van der Waals surface area contributed by atoms with Gasteiger partial charge in [-0.25, -0.2) is 9.37 Å². The van der Waals surface area contributed by atoms with E-state index in [2.05, 4.69) is 15.5 Å². The highest BCUT2D eigenvalue weighted by Crippen LogP contribution is 2.33. The highest BCUT2D eigenvalue weighted by molar-refractivity contribution is 7.14. The molecule has 0 amide bonds. The summed E-state index contributed by atoms with van der Waals surface area (Å²) in [6.07, 6.45) is 1.20. The van der Waals surface area contributed by atoms with E-state index in [1.165, 1.54) is 42.9 Å². The zero-order chi connectivity index (χ0) is 19.4. The fourth-order valence-electron chi connectivity index (χ4n) is 2.23. The molecule has 0 radical (unpaired) electrons. The Labute approximate surface area is 156 Å². The maximum Gasteiger partial charge on any atom is 0.282 e. The monoisotopic (exact) mass is 388 g/mol. The van der Waals surface area contributed by atoms with E-state index < -0.39 is 4.92 Å². The SMILES string of the molecule is COc1cc([N+](=O)[O-])c(/C=N/Nc2nc(-c3ccc(F)cc3)cs2)cc1O. The van der Waals surface area contributed by atoms with Crippen molar-refractivity contribution in [1.82, 2.24) is 4.98 Å². The van der Waals surface area contributed by atoms with Gasteiger partial charge in [0.25, 0.3) is 5.69 Å². The van der Waals surface area contributed by atoms with Crippen molar-refractivity contribution in [2.75, 3.05) is 12.5 Å². The van der Waals surface area contributed by atoms with Gasteiger partial charge in [-0.3, -0.25) is 15.5 Å². The van der Waals surface area contributed by atoms with Crippen molar-refractivity contribution in [1.29, 1.82) is 0 Å². The second kappa shape index (κ2) is 7.79. The highest BCUT2D eigenvalue weighted by atomic mass is 32.1. The van der Waals surface area contributed by atoms with Gasteiger partial charge >= 0.3 is 0 Å². The van der Waals surface area contributed by atoms with Gasteiger partial charge in [0.15, 0.2) is 11.5 Å². The van der Waals surface area contributed by atoms with Crippen LogP contribution in [0.4, 0.5) is 15.2 Å². The minimum atomic E-state index is -0.598. The van der Waals surface area contributed by atoms with Gasteiger partial charge in [-0.15, -0.1) is 11.3 Å². The average Bonchev–Trinajstić information content (AvgIpc) is 3.11. The van der Waals surface area contributed by atoms with Crippen LogP contribution >= 0.6 is 11.3 Å². The van der Waals surface area contributed by atoms with Crippen LogP contribution < -0.4 is 10.2 Å². The number of aromatic hydroxyl groups is 1. The molecule has 1 heterocycles. The van der Waals surface area contributed by atoms with E-state index in [0.29, 0.717) is 10.8 Å². The van der Waals surface area contributed by atoms with E-state index in [4.69, 9.17) is 4.74 Å². The minimum Gasteiger partial charge on any atom is -0.504 e. The Morgan fingerprint density at radius 2 is 2.11 bits per heavy atom. The lowest BCUT2D eigenvalue weighted by atomic mass is 10.1. The molecule has 2 N–H and O–H groups in total. The van der Waals surface area contributed by atoms with Crippen LogP contribution in [0.2, 0.25) is 0 Å². The van der Waals surface area contributed by atoms with Crippen LogP contribution in [0.1, 0.15) is 5.56 Å². The number of methoxy groups -OCH3 is 1. The second-order valence-corrected chi connectivity index (χ2v) is 6.11. The normalized spacial score (nSPS) is 10.9. The standard InChI is InChI=1S/C17H13FN4O4S/c1-26-16-7-14(22(24)25)11(6-15(16)23)8-19-21-17-20-13(9-27-17)10-2-4-12(18)5-3-10/h2-9,23H,1H3,(H,20,21)/b19-8+. The first-order chi connectivity index (χ1) is 13.0. The van der Waals surface area contributed by atoms with Crippen molar-refractivity contribution in [2.24, 2.45) is 5.10 Å². The van der Waals surface area contributed by atoms with Crippen molar-refractivity contribution in [3.05, 3.63) is 63.3 Å². The molecule has 1 aromatic heterocycles. The van der Waals surface area contributed by atoms with Crippen LogP contribution in [-0.4, -0.2) is 28.3 Å². The summed E-state index contributed by atoms with van der Waals surface area (Å²) in [6, 6.07) is 8.22. The molecule has 0 unspecified atom stereocenters. The second-order valence-electron chi connectivity index (χ2n) is 5.25. The molecule has 0 aliphatic heterocycles. The Kier molecular flexibility index (Phi) is 5.27. The maximum absolute atomic E-state index is 13.0. The number of phenols is 1. The first-order valence-electron chi connectivity index (χ1n) is 7.54. The van der Waals surface area contributed by atoms with Crippen LogP contribution in [0.15, 0.2) is 46.9 Å². The molecule has 2 aromatic carbocycles. The van der Waals surface area contributed by atoms with Crippen LogP contribution in [0.3, 0.4) is 0 Å². The van der Waals surface area contributed by atoms with Gasteiger partial charge in [-0.1, -0.05) is 0 Å². The predicted molar refractivity (Wildman–Crippen MR) is 100 cm³/mol. The van der Waals surface area contributed by atoms with Crippen molar-refractivity contribution >= 4 is 28.4 Å². The summed E-state index contributed by atoms with van der Waals surface area (Å²) in [5, 5.41) is 27.1. The molecule has 3 rings (SSSR count). The Morgan fingerprint density at radius 3 is 2.78 bits per heavy atom. The number of nitrogens with zero attached hydrogens (tertiary/aromatic N) is 3. The molecule has 10 heteroatoms. The molecule has 0 bridgehead atoms. The van der Waals surface area contributed by atoms with Crippen molar-refractivity contribution in [2.45, 2.75) is 0 Å². The smallest absolute Gasteiger partial charge is 0.282 e. The Balaban J connectivity index is 1.77. The Morgan fingerprint density at radius 1 is 1.37 bits per heavy atom. The molecule has 0 atom stereocenters. The first-order valence-corrected chi connectivity index (χ1v) is 8.42. The summed E-state index contributed by atoms with van der Waals surface area (Å²) in [6.45, 7) is 0. The molecule has 0 aliphatic carbocycles. The number of hydrogen-bond donors (Lipinski definition) is 2. The quantitative estimate of drug-likeness (QED) is 0.375.